The number of rotatable bonds is 14. The Bertz CT molecular complexity index is 1340. The van der Waals surface area contributed by atoms with E-state index >= 15 is 0 Å². The maximum atomic E-state index is 13.3. The number of anilines is 3. The molecule has 10 nitrogen and oxygen atoms in total. The Balaban J connectivity index is 1.33. The molecule has 0 bridgehead atoms. The molecule has 0 aliphatic rings. The van der Waals surface area contributed by atoms with Gasteiger partial charge in [-0.05, 0) is 49.7 Å². The van der Waals surface area contributed by atoms with E-state index in [-0.39, 0.29) is 18.9 Å². The van der Waals surface area contributed by atoms with Crippen molar-refractivity contribution >= 4 is 34.1 Å². The molecule has 0 spiro atoms. The van der Waals surface area contributed by atoms with Crippen LogP contribution in [-0.4, -0.2) is 68.9 Å². The van der Waals surface area contributed by atoms with Gasteiger partial charge in [0.2, 0.25) is 5.91 Å². The molecule has 2 aromatic heterocycles. The van der Waals surface area contributed by atoms with Gasteiger partial charge in [-0.3, -0.25) is 9.89 Å². The topological polar surface area (TPSA) is 128 Å². The minimum Gasteiger partial charge on any atom is -0.493 e. The van der Waals surface area contributed by atoms with Crippen LogP contribution in [0, 0.1) is 5.82 Å². The van der Waals surface area contributed by atoms with Crippen molar-refractivity contribution in [3.8, 4) is 5.75 Å². The Labute approximate surface area is 220 Å². The molecule has 2 aromatic carbocycles. The van der Waals surface area contributed by atoms with Crippen LogP contribution < -0.4 is 15.4 Å². The Morgan fingerprint density at radius 3 is 2.84 bits per heavy atom. The van der Waals surface area contributed by atoms with Crippen molar-refractivity contribution in [3.05, 3.63) is 66.4 Å². The summed E-state index contributed by atoms with van der Waals surface area (Å²) in [6.45, 7) is 5.36. The number of H-pyrrole nitrogens is 1. The van der Waals surface area contributed by atoms with E-state index in [1.54, 1.807) is 12.1 Å². The summed E-state index contributed by atoms with van der Waals surface area (Å²) >= 11 is 0. The summed E-state index contributed by atoms with van der Waals surface area (Å²) in [5, 5.41) is 22.9. The summed E-state index contributed by atoms with van der Waals surface area (Å²) in [5.41, 5.74) is 1.70. The predicted octanol–water partition coefficient (Wildman–Crippen LogP) is 3.89. The number of carbonyl (C=O) groups is 1. The third-order valence-electron chi connectivity index (χ3n) is 5.79. The molecule has 2 heterocycles. The van der Waals surface area contributed by atoms with Gasteiger partial charge in [-0.25, -0.2) is 14.4 Å². The number of aromatic nitrogens is 4. The number of hydrogen-bond donors (Lipinski definition) is 4. The van der Waals surface area contributed by atoms with Gasteiger partial charge in [-0.2, -0.15) is 5.10 Å². The first kappa shape index (κ1) is 27.0. The Hall–Kier alpha value is -4.09. The van der Waals surface area contributed by atoms with Crippen LogP contribution in [0.2, 0.25) is 0 Å². The number of amides is 1. The first-order valence-electron chi connectivity index (χ1n) is 12.6. The zero-order valence-corrected chi connectivity index (χ0v) is 21.3. The summed E-state index contributed by atoms with van der Waals surface area (Å²) in [7, 11) is 0. The highest BCUT2D eigenvalue weighted by Gasteiger charge is 2.11. The molecule has 0 aliphatic carbocycles. The number of carbonyl (C=O) groups excluding carboxylic acids is 1. The zero-order chi connectivity index (χ0) is 26.7. The van der Waals surface area contributed by atoms with Crippen molar-refractivity contribution in [2.24, 2.45) is 0 Å². The van der Waals surface area contributed by atoms with E-state index in [1.807, 2.05) is 18.2 Å². The zero-order valence-electron chi connectivity index (χ0n) is 21.3. The van der Waals surface area contributed by atoms with Crippen molar-refractivity contribution < 1.29 is 19.0 Å². The first-order chi connectivity index (χ1) is 18.5. The lowest BCUT2D eigenvalue weighted by atomic mass is 10.2. The molecule has 4 rings (SSSR count). The van der Waals surface area contributed by atoms with Crippen LogP contribution in [0.25, 0.3) is 10.9 Å². The lowest BCUT2D eigenvalue weighted by Crippen LogP contribution is -2.29. The molecular formula is C27H32FN7O3. The predicted molar refractivity (Wildman–Crippen MR) is 144 cm³/mol. The van der Waals surface area contributed by atoms with Crippen molar-refractivity contribution in [2.75, 3.05) is 43.5 Å². The van der Waals surface area contributed by atoms with Gasteiger partial charge in [-0.1, -0.05) is 13.0 Å². The van der Waals surface area contributed by atoms with Gasteiger partial charge >= 0.3 is 0 Å². The third-order valence-corrected chi connectivity index (χ3v) is 5.79. The second-order valence-electron chi connectivity index (χ2n) is 8.81. The second-order valence-corrected chi connectivity index (χ2v) is 8.81. The quantitative estimate of drug-likeness (QED) is 0.184. The SMILES string of the molecule is CCCN(CCO)CCCOc1ccc2c(Nc3cc(CC(=O)Nc4cccc(F)c4)[nH]n3)ncnc2c1. The molecule has 0 saturated carbocycles. The number of aliphatic hydroxyl groups is 1. The van der Waals surface area contributed by atoms with Gasteiger partial charge in [0.25, 0.3) is 0 Å². The number of nitrogens with zero attached hydrogens (tertiary/aromatic N) is 4. The molecule has 200 valence electrons. The lowest BCUT2D eigenvalue weighted by Gasteiger charge is -2.20. The highest BCUT2D eigenvalue weighted by atomic mass is 19.1. The Morgan fingerprint density at radius 1 is 1.13 bits per heavy atom. The number of ether oxygens (including phenoxy) is 1. The van der Waals surface area contributed by atoms with Crippen LogP contribution in [0.15, 0.2) is 54.9 Å². The number of hydrogen-bond acceptors (Lipinski definition) is 8. The van der Waals surface area contributed by atoms with Crippen molar-refractivity contribution in [1.82, 2.24) is 25.1 Å². The van der Waals surface area contributed by atoms with E-state index in [0.717, 1.165) is 42.6 Å². The van der Waals surface area contributed by atoms with Gasteiger partial charge < -0.3 is 25.4 Å². The number of aromatic amines is 1. The van der Waals surface area contributed by atoms with Crippen LogP contribution in [0.1, 0.15) is 25.5 Å². The van der Waals surface area contributed by atoms with Gasteiger partial charge in [0.1, 0.15) is 23.7 Å². The highest BCUT2D eigenvalue weighted by molar-refractivity contribution is 5.93. The van der Waals surface area contributed by atoms with E-state index in [9.17, 15) is 14.3 Å². The first-order valence-corrected chi connectivity index (χ1v) is 12.6. The second kappa shape index (κ2) is 13.5. The average molecular weight is 522 g/mol. The molecule has 1 amide bonds. The standard InChI is InChI=1S/C27H32FN7O3/c1-2-9-35(11-12-36)10-4-13-38-22-7-8-23-24(17-22)29-18-30-27(23)32-25-15-21(33-34-25)16-26(37)31-20-6-3-5-19(28)14-20/h3,5-8,14-15,17-18,36H,2,4,9-13,16H2,1H3,(H,31,37)(H2,29,30,32,33,34). The van der Waals surface area contributed by atoms with E-state index in [0.29, 0.717) is 36.2 Å². The molecule has 11 heteroatoms. The normalized spacial score (nSPS) is 11.2. The summed E-state index contributed by atoms with van der Waals surface area (Å²) < 4.78 is 19.3. The number of aliphatic hydroxyl groups excluding tert-OH is 1. The molecule has 0 atom stereocenters. The minimum atomic E-state index is -0.417. The number of fused-ring (bicyclic) bond motifs is 1. The summed E-state index contributed by atoms with van der Waals surface area (Å²) in [4.78, 5) is 23.2. The number of halogens is 1. The van der Waals surface area contributed by atoms with Gasteiger partial charge in [0.05, 0.1) is 25.2 Å². The largest absolute Gasteiger partial charge is 0.493 e. The van der Waals surface area contributed by atoms with Crippen molar-refractivity contribution in [1.29, 1.82) is 0 Å². The average Bonchev–Trinajstić information content (AvgIpc) is 3.33. The van der Waals surface area contributed by atoms with Gasteiger partial charge in [0, 0.05) is 42.0 Å². The fourth-order valence-corrected chi connectivity index (χ4v) is 4.08. The molecule has 38 heavy (non-hydrogen) atoms. The monoisotopic (exact) mass is 521 g/mol. The summed E-state index contributed by atoms with van der Waals surface area (Å²) in [5.74, 6) is 1.08. The van der Waals surface area contributed by atoms with E-state index < -0.39 is 5.82 Å². The van der Waals surface area contributed by atoms with Gasteiger partial charge in [0.15, 0.2) is 5.82 Å². The summed E-state index contributed by atoms with van der Waals surface area (Å²) in [6.07, 6.45) is 3.42. The van der Waals surface area contributed by atoms with Crippen molar-refractivity contribution in [3.63, 3.8) is 0 Å². The van der Waals surface area contributed by atoms with Gasteiger partial charge in [-0.15, -0.1) is 0 Å². The maximum absolute atomic E-state index is 13.3. The number of nitrogens with one attached hydrogen (secondary N) is 3. The smallest absolute Gasteiger partial charge is 0.230 e. The molecule has 4 aromatic rings. The van der Waals surface area contributed by atoms with Crippen LogP contribution in [0.3, 0.4) is 0 Å². The minimum absolute atomic E-state index is 0.0482. The van der Waals surface area contributed by atoms with E-state index in [1.165, 1.54) is 24.5 Å². The fraction of sp³-hybridized carbons (Fsp3) is 0.333. The molecule has 0 saturated heterocycles. The van der Waals surface area contributed by atoms with Crippen LogP contribution in [-0.2, 0) is 11.2 Å². The van der Waals surface area contributed by atoms with Crippen LogP contribution in [0.5, 0.6) is 5.75 Å². The number of benzene rings is 2. The molecule has 4 N–H and O–H groups in total. The molecule has 0 fully saturated rings. The third kappa shape index (κ3) is 7.70. The molecule has 0 aliphatic heterocycles. The van der Waals surface area contributed by atoms with E-state index in [2.05, 4.69) is 42.6 Å². The Morgan fingerprint density at radius 2 is 2.03 bits per heavy atom. The van der Waals surface area contributed by atoms with Crippen molar-refractivity contribution in [2.45, 2.75) is 26.2 Å². The van der Waals surface area contributed by atoms with E-state index in [4.69, 9.17) is 4.74 Å². The lowest BCUT2D eigenvalue weighted by molar-refractivity contribution is -0.115. The molecular weight excluding hydrogens is 489 g/mol. The van der Waals surface area contributed by atoms with Crippen LogP contribution in [0.4, 0.5) is 21.7 Å². The van der Waals surface area contributed by atoms with Crippen LogP contribution >= 0.6 is 0 Å². The fourth-order valence-electron chi connectivity index (χ4n) is 4.08. The maximum Gasteiger partial charge on any atom is 0.230 e. The highest BCUT2D eigenvalue weighted by Crippen LogP contribution is 2.26. The molecule has 0 unspecified atom stereocenters. The summed E-state index contributed by atoms with van der Waals surface area (Å²) in [6, 6.07) is 13.1. The Kier molecular flexibility index (Phi) is 9.54. The molecule has 0 radical (unpaired) electrons.